The summed E-state index contributed by atoms with van der Waals surface area (Å²) in [6.07, 6.45) is 9.57. The fraction of sp³-hybridized carbons (Fsp3) is 0.368. The SMILES string of the molecule is O=C1C(c2ccc3cccc4c3c2NC2(CC3CCC2C3)N4)=C(O)C1=c1ccc2cccc3c2c1=NC1(CC2CCC1C2)N3. The second kappa shape index (κ2) is 7.84. The Bertz CT molecular complexity index is 2200. The Labute approximate surface area is 255 Å². The molecule has 0 amide bonds. The Morgan fingerprint density at radius 2 is 1.45 bits per heavy atom. The number of allylic oxidation sites excluding steroid dienone is 2. The Kier molecular flexibility index (Phi) is 4.29. The molecule has 7 aliphatic rings. The summed E-state index contributed by atoms with van der Waals surface area (Å²) in [4.78, 5) is 19.8. The first-order valence-corrected chi connectivity index (χ1v) is 16.6. The van der Waals surface area contributed by atoms with Gasteiger partial charge in [-0.2, -0.15) is 0 Å². The van der Waals surface area contributed by atoms with Crippen molar-refractivity contribution in [3.63, 3.8) is 0 Å². The molecular formula is C38H34N4O2. The number of ketones is 1. The molecule has 4 N–H and O–H groups in total. The molecule has 2 spiro atoms. The lowest BCUT2D eigenvalue weighted by molar-refractivity contribution is -0.109. The summed E-state index contributed by atoms with van der Waals surface area (Å²) >= 11 is 0. The second-order valence-corrected chi connectivity index (χ2v) is 14.7. The molecule has 4 saturated carbocycles. The van der Waals surface area contributed by atoms with Crippen molar-refractivity contribution in [3.8, 4) is 0 Å². The normalized spacial score (nSPS) is 34.9. The number of hydrogen-bond acceptors (Lipinski definition) is 6. The van der Waals surface area contributed by atoms with Gasteiger partial charge >= 0.3 is 0 Å². The maximum Gasteiger partial charge on any atom is 0.201 e. The van der Waals surface area contributed by atoms with Crippen LogP contribution in [0.15, 0.2) is 71.4 Å². The van der Waals surface area contributed by atoms with E-state index in [1.807, 2.05) is 12.1 Å². The van der Waals surface area contributed by atoms with Crippen LogP contribution in [0.25, 0.3) is 32.7 Å². The van der Waals surface area contributed by atoms with Crippen LogP contribution in [-0.2, 0) is 4.79 Å². The highest BCUT2D eigenvalue weighted by Gasteiger charge is 2.54. The molecule has 44 heavy (non-hydrogen) atoms. The highest BCUT2D eigenvalue weighted by molar-refractivity contribution is 6.52. The van der Waals surface area contributed by atoms with Crippen molar-refractivity contribution in [3.05, 3.63) is 82.6 Å². The van der Waals surface area contributed by atoms with Crippen LogP contribution in [0.1, 0.15) is 56.9 Å². The minimum absolute atomic E-state index is 0.0919. The lowest BCUT2D eigenvalue weighted by Crippen LogP contribution is -2.52. The van der Waals surface area contributed by atoms with Gasteiger partial charge in [0.25, 0.3) is 0 Å². The molecule has 218 valence electrons. The molecule has 4 bridgehead atoms. The molecule has 11 rings (SSSR count). The van der Waals surface area contributed by atoms with Gasteiger partial charge < -0.3 is 21.1 Å². The molecule has 2 aliphatic heterocycles. The number of carbonyl (C=O) groups excluding carboxylic acids is 1. The van der Waals surface area contributed by atoms with Crippen molar-refractivity contribution < 1.29 is 9.90 Å². The zero-order valence-corrected chi connectivity index (χ0v) is 24.5. The lowest BCUT2D eigenvalue weighted by Gasteiger charge is -2.45. The van der Waals surface area contributed by atoms with Crippen molar-refractivity contribution in [2.45, 2.75) is 62.7 Å². The summed E-state index contributed by atoms with van der Waals surface area (Å²) < 4.78 is 0. The fourth-order valence-electron chi connectivity index (χ4n) is 10.7. The van der Waals surface area contributed by atoms with Crippen LogP contribution < -0.4 is 26.5 Å². The van der Waals surface area contributed by atoms with Gasteiger partial charge in [-0.25, -0.2) is 0 Å². The summed E-state index contributed by atoms with van der Waals surface area (Å²) in [7, 11) is 0. The zero-order valence-electron chi connectivity index (χ0n) is 24.5. The van der Waals surface area contributed by atoms with Gasteiger partial charge in [-0.1, -0.05) is 48.5 Å². The minimum atomic E-state index is -0.319. The van der Waals surface area contributed by atoms with E-state index in [0.717, 1.165) is 73.5 Å². The van der Waals surface area contributed by atoms with Crippen LogP contribution in [0.5, 0.6) is 0 Å². The van der Waals surface area contributed by atoms with E-state index in [0.29, 0.717) is 28.9 Å². The molecule has 2 heterocycles. The molecule has 6 nitrogen and oxygen atoms in total. The number of fused-ring (bicyclic) bond motifs is 6. The van der Waals surface area contributed by atoms with Gasteiger partial charge in [0.2, 0.25) is 5.78 Å². The average Bonchev–Trinajstić information content (AvgIpc) is 3.82. The fourth-order valence-corrected chi connectivity index (χ4v) is 10.7. The van der Waals surface area contributed by atoms with E-state index in [1.165, 1.54) is 38.5 Å². The third-order valence-electron chi connectivity index (χ3n) is 12.6. The van der Waals surface area contributed by atoms with E-state index in [9.17, 15) is 9.90 Å². The van der Waals surface area contributed by atoms with Gasteiger partial charge in [-0.3, -0.25) is 9.79 Å². The van der Waals surface area contributed by atoms with Crippen LogP contribution in [-0.4, -0.2) is 22.2 Å². The molecule has 4 fully saturated rings. The maximum absolute atomic E-state index is 14.3. The highest BCUT2D eigenvalue weighted by Crippen LogP contribution is 2.57. The zero-order chi connectivity index (χ0) is 28.9. The standard InChI is InChI=1S/C38H34N4O2/c43-35-31(25-13-9-21-3-1-5-27-29(21)33(25)41-37(39-27)17-19-7-11-23(37)15-19)36(44)32(35)26-14-10-22-4-2-6-28-30(22)34(26)42-38(40-28)18-20-8-12-24(38)16-20/h1-6,9-10,13-14,19-20,23-24,39-41,43H,7-8,11-12,15-18H2. The van der Waals surface area contributed by atoms with Crippen molar-refractivity contribution >= 4 is 55.5 Å². The molecule has 6 atom stereocenters. The molecule has 5 aliphatic carbocycles. The Morgan fingerprint density at radius 3 is 2.16 bits per heavy atom. The van der Waals surface area contributed by atoms with Crippen LogP contribution in [0, 0.1) is 23.7 Å². The van der Waals surface area contributed by atoms with E-state index in [1.54, 1.807) is 0 Å². The number of nitrogens with zero attached hydrogens (tertiary/aromatic N) is 1. The quantitative estimate of drug-likeness (QED) is 0.204. The number of carbonyl (C=O) groups is 1. The molecule has 6 heteroatoms. The van der Waals surface area contributed by atoms with E-state index in [4.69, 9.17) is 4.99 Å². The van der Waals surface area contributed by atoms with E-state index < -0.39 is 0 Å². The van der Waals surface area contributed by atoms with Crippen molar-refractivity contribution in [1.29, 1.82) is 0 Å². The first-order chi connectivity index (χ1) is 21.5. The van der Waals surface area contributed by atoms with E-state index >= 15 is 0 Å². The lowest BCUT2D eigenvalue weighted by atomic mass is 9.78. The highest BCUT2D eigenvalue weighted by atomic mass is 16.3. The molecular weight excluding hydrogens is 544 g/mol. The molecule has 0 aromatic heterocycles. The average molecular weight is 579 g/mol. The number of anilines is 3. The van der Waals surface area contributed by atoms with Crippen molar-refractivity contribution in [2.24, 2.45) is 28.7 Å². The van der Waals surface area contributed by atoms with Crippen LogP contribution in [0.3, 0.4) is 0 Å². The summed E-state index contributed by atoms with van der Waals surface area (Å²) in [6.45, 7) is 0. The van der Waals surface area contributed by atoms with E-state index in [-0.39, 0.29) is 22.9 Å². The Hall–Kier alpha value is -4.32. The van der Waals surface area contributed by atoms with Crippen LogP contribution >= 0.6 is 0 Å². The van der Waals surface area contributed by atoms with E-state index in [2.05, 4.69) is 64.5 Å². The summed E-state index contributed by atoms with van der Waals surface area (Å²) in [5.74, 6) is 2.49. The number of Topliss-reactive ketones (excluding diaryl/α,β-unsaturated/α-hetero) is 1. The Morgan fingerprint density at radius 1 is 0.727 bits per heavy atom. The number of aliphatic hydroxyl groups excluding tert-OH is 1. The monoisotopic (exact) mass is 578 g/mol. The molecule has 0 saturated heterocycles. The topological polar surface area (TPSA) is 85.8 Å². The first kappa shape index (κ1) is 24.1. The van der Waals surface area contributed by atoms with Gasteiger partial charge in [-0.05, 0) is 86.1 Å². The summed E-state index contributed by atoms with van der Waals surface area (Å²) in [5, 5.41) is 29.6. The summed E-state index contributed by atoms with van der Waals surface area (Å²) in [5.41, 5.74) is 4.31. The molecule has 4 aromatic rings. The Balaban J connectivity index is 1.14. The number of nitrogens with one attached hydrogen (secondary N) is 3. The number of rotatable bonds is 1. The number of hydrogen-bond donors (Lipinski definition) is 4. The van der Waals surface area contributed by atoms with Gasteiger partial charge in [-0.15, -0.1) is 0 Å². The molecule has 4 aromatic carbocycles. The third kappa shape index (κ3) is 2.84. The van der Waals surface area contributed by atoms with Gasteiger partial charge in [0.15, 0.2) is 0 Å². The van der Waals surface area contributed by atoms with Gasteiger partial charge in [0, 0.05) is 44.8 Å². The largest absolute Gasteiger partial charge is 0.506 e. The minimum Gasteiger partial charge on any atom is -0.506 e. The van der Waals surface area contributed by atoms with Crippen LogP contribution in [0.2, 0.25) is 0 Å². The predicted molar refractivity (Wildman–Crippen MR) is 174 cm³/mol. The van der Waals surface area contributed by atoms with Crippen LogP contribution in [0.4, 0.5) is 17.1 Å². The van der Waals surface area contributed by atoms with Crippen molar-refractivity contribution in [2.75, 3.05) is 16.0 Å². The van der Waals surface area contributed by atoms with Gasteiger partial charge in [0.05, 0.1) is 22.2 Å². The maximum atomic E-state index is 14.3. The smallest absolute Gasteiger partial charge is 0.201 e. The number of aliphatic hydroxyl groups is 1. The summed E-state index contributed by atoms with van der Waals surface area (Å²) in [6, 6.07) is 20.9. The molecule has 6 unspecified atom stereocenters. The van der Waals surface area contributed by atoms with Gasteiger partial charge in [0.1, 0.15) is 17.1 Å². The number of benzene rings is 4. The molecule has 0 radical (unpaired) electrons. The second-order valence-electron chi connectivity index (χ2n) is 14.7. The van der Waals surface area contributed by atoms with Crippen molar-refractivity contribution in [1.82, 2.24) is 0 Å². The predicted octanol–water partition coefficient (Wildman–Crippen LogP) is 6.61. The first-order valence-electron chi connectivity index (χ1n) is 16.6. The third-order valence-corrected chi connectivity index (χ3v) is 12.6.